The first-order valence-corrected chi connectivity index (χ1v) is 10.8. The van der Waals surface area contributed by atoms with E-state index in [-0.39, 0.29) is 11.3 Å². The van der Waals surface area contributed by atoms with E-state index in [1.54, 1.807) is 24.3 Å². The van der Waals surface area contributed by atoms with Gasteiger partial charge in [-0.25, -0.2) is 13.6 Å². The standard InChI is InChI=1S/C27H25F2NO2/c1-2-3-4-5-6-7-19-8-10-20(11-9-19)21-12-14-22(15-13-21)27(31)32-23-16-25(28)24(18-30)26(29)17-23/h8-17H,2-7H2,1H3. The molecule has 5 heteroatoms. The van der Waals surface area contributed by atoms with Gasteiger partial charge in [-0.15, -0.1) is 0 Å². The van der Waals surface area contributed by atoms with Crippen molar-refractivity contribution in [1.29, 1.82) is 5.26 Å². The molecule has 164 valence electrons. The van der Waals surface area contributed by atoms with Crippen LogP contribution in [0.4, 0.5) is 8.78 Å². The van der Waals surface area contributed by atoms with Crippen LogP contribution in [0.3, 0.4) is 0 Å². The smallest absolute Gasteiger partial charge is 0.343 e. The van der Waals surface area contributed by atoms with E-state index in [0.29, 0.717) is 0 Å². The minimum atomic E-state index is -1.07. The largest absolute Gasteiger partial charge is 0.423 e. The summed E-state index contributed by atoms with van der Waals surface area (Å²) in [6.45, 7) is 2.21. The molecule has 0 aliphatic heterocycles. The van der Waals surface area contributed by atoms with E-state index < -0.39 is 23.2 Å². The molecular formula is C27H25F2NO2. The van der Waals surface area contributed by atoms with Gasteiger partial charge in [0.05, 0.1) is 5.56 Å². The fraction of sp³-hybridized carbons (Fsp3) is 0.259. The number of halogens is 2. The third-order valence-corrected chi connectivity index (χ3v) is 5.31. The monoisotopic (exact) mass is 433 g/mol. The number of hydrogen-bond donors (Lipinski definition) is 0. The summed E-state index contributed by atoms with van der Waals surface area (Å²) in [4.78, 5) is 12.3. The van der Waals surface area contributed by atoms with Crippen LogP contribution in [-0.2, 0) is 6.42 Å². The molecule has 0 saturated carbocycles. The van der Waals surface area contributed by atoms with E-state index in [0.717, 1.165) is 29.7 Å². The van der Waals surface area contributed by atoms with Crippen molar-refractivity contribution >= 4 is 5.97 Å². The summed E-state index contributed by atoms with van der Waals surface area (Å²) in [6, 6.07) is 18.3. The summed E-state index contributed by atoms with van der Waals surface area (Å²) >= 11 is 0. The molecular weight excluding hydrogens is 408 g/mol. The second-order valence-corrected chi connectivity index (χ2v) is 7.70. The highest BCUT2D eigenvalue weighted by molar-refractivity contribution is 5.91. The molecule has 3 aromatic rings. The van der Waals surface area contributed by atoms with E-state index in [1.165, 1.54) is 43.7 Å². The molecule has 0 aliphatic rings. The Morgan fingerprint density at radius 3 is 2.00 bits per heavy atom. The van der Waals surface area contributed by atoms with Crippen molar-refractivity contribution in [2.24, 2.45) is 0 Å². The number of nitrogens with zero attached hydrogens (tertiary/aromatic N) is 1. The number of ether oxygens (including phenoxy) is 1. The molecule has 0 unspecified atom stereocenters. The average Bonchev–Trinajstić information content (AvgIpc) is 2.79. The summed E-state index contributed by atoms with van der Waals surface area (Å²) in [5.41, 5.74) is 2.84. The van der Waals surface area contributed by atoms with Gasteiger partial charge in [0.2, 0.25) is 0 Å². The van der Waals surface area contributed by atoms with Crippen molar-refractivity contribution in [2.45, 2.75) is 45.4 Å². The Morgan fingerprint density at radius 1 is 0.875 bits per heavy atom. The first-order valence-electron chi connectivity index (χ1n) is 10.8. The number of benzene rings is 3. The van der Waals surface area contributed by atoms with Gasteiger partial charge in [0.1, 0.15) is 29.0 Å². The summed E-state index contributed by atoms with van der Waals surface area (Å²) < 4.78 is 32.5. The molecule has 0 saturated heterocycles. The zero-order valence-electron chi connectivity index (χ0n) is 18.0. The third kappa shape index (κ3) is 6.01. The van der Waals surface area contributed by atoms with Crippen LogP contribution >= 0.6 is 0 Å². The molecule has 3 rings (SSSR count). The van der Waals surface area contributed by atoms with Crippen LogP contribution < -0.4 is 4.74 Å². The van der Waals surface area contributed by atoms with Gasteiger partial charge in [-0.05, 0) is 41.7 Å². The molecule has 3 nitrogen and oxygen atoms in total. The van der Waals surface area contributed by atoms with Crippen molar-refractivity contribution in [3.05, 3.63) is 89.0 Å². The number of rotatable bonds is 9. The maximum absolute atomic E-state index is 13.7. The normalized spacial score (nSPS) is 10.6. The molecule has 0 N–H and O–H groups in total. The van der Waals surface area contributed by atoms with Gasteiger partial charge >= 0.3 is 5.97 Å². The van der Waals surface area contributed by atoms with Gasteiger partial charge in [-0.2, -0.15) is 5.26 Å². The quantitative estimate of drug-likeness (QED) is 0.203. The van der Waals surface area contributed by atoms with Gasteiger partial charge in [-0.1, -0.05) is 69.0 Å². The molecule has 0 aromatic heterocycles. The van der Waals surface area contributed by atoms with Crippen LogP contribution in [0.1, 0.15) is 60.5 Å². The summed E-state index contributed by atoms with van der Waals surface area (Å²) in [6.07, 6.45) is 7.36. The van der Waals surface area contributed by atoms with Crippen LogP contribution in [0.5, 0.6) is 5.75 Å². The molecule has 0 atom stereocenters. The number of hydrogen-bond acceptors (Lipinski definition) is 3. The second-order valence-electron chi connectivity index (χ2n) is 7.70. The number of carbonyl (C=O) groups excluding carboxylic acids is 1. The summed E-state index contributed by atoms with van der Waals surface area (Å²) in [7, 11) is 0. The van der Waals surface area contributed by atoms with Crippen LogP contribution in [0, 0.1) is 23.0 Å². The Kier molecular flexibility index (Phi) is 8.10. The van der Waals surface area contributed by atoms with Gasteiger partial charge < -0.3 is 4.74 Å². The van der Waals surface area contributed by atoms with E-state index in [2.05, 4.69) is 31.2 Å². The van der Waals surface area contributed by atoms with Gasteiger partial charge in [0, 0.05) is 12.1 Å². The molecule has 0 radical (unpaired) electrons. The lowest BCUT2D eigenvalue weighted by molar-refractivity contribution is 0.0734. The fourth-order valence-corrected chi connectivity index (χ4v) is 3.48. The fourth-order valence-electron chi connectivity index (χ4n) is 3.48. The zero-order chi connectivity index (χ0) is 22.9. The molecule has 0 heterocycles. The highest BCUT2D eigenvalue weighted by Crippen LogP contribution is 2.23. The number of esters is 1. The Hall–Kier alpha value is -3.52. The van der Waals surface area contributed by atoms with E-state index in [4.69, 9.17) is 10.00 Å². The predicted molar refractivity (Wildman–Crippen MR) is 120 cm³/mol. The predicted octanol–water partition coefficient (Wildman–Crippen LogP) is 7.24. The molecule has 3 aromatic carbocycles. The van der Waals surface area contributed by atoms with Crippen molar-refractivity contribution in [1.82, 2.24) is 0 Å². The molecule has 0 fully saturated rings. The lowest BCUT2D eigenvalue weighted by Gasteiger charge is -2.08. The molecule has 0 aliphatic carbocycles. The Morgan fingerprint density at radius 2 is 1.44 bits per heavy atom. The van der Waals surface area contributed by atoms with Crippen molar-refractivity contribution in [2.75, 3.05) is 0 Å². The van der Waals surface area contributed by atoms with Crippen LogP contribution in [0.25, 0.3) is 11.1 Å². The van der Waals surface area contributed by atoms with Gasteiger partial charge in [-0.3, -0.25) is 0 Å². The van der Waals surface area contributed by atoms with E-state index in [9.17, 15) is 13.6 Å². The molecule has 0 bridgehead atoms. The maximum Gasteiger partial charge on any atom is 0.343 e. The third-order valence-electron chi connectivity index (χ3n) is 5.31. The van der Waals surface area contributed by atoms with Gasteiger partial charge in [0.25, 0.3) is 0 Å². The molecule has 0 spiro atoms. The average molecular weight is 433 g/mol. The topological polar surface area (TPSA) is 50.1 Å². The highest BCUT2D eigenvalue weighted by Gasteiger charge is 2.15. The Labute approximate surface area is 187 Å². The maximum atomic E-state index is 13.7. The van der Waals surface area contributed by atoms with Crippen LogP contribution in [0.15, 0.2) is 60.7 Å². The minimum absolute atomic E-state index is 0.252. The first-order chi connectivity index (χ1) is 15.5. The van der Waals surface area contributed by atoms with Crippen molar-refractivity contribution in [3.8, 4) is 22.9 Å². The Balaban J connectivity index is 1.61. The number of unbranched alkanes of at least 4 members (excludes halogenated alkanes) is 4. The summed E-state index contributed by atoms with van der Waals surface area (Å²) in [5.74, 6) is -3.18. The lowest BCUT2D eigenvalue weighted by atomic mass is 10.00. The number of nitriles is 1. The second kappa shape index (κ2) is 11.2. The molecule has 32 heavy (non-hydrogen) atoms. The van der Waals surface area contributed by atoms with Crippen molar-refractivity contribution in [3.63, 3.8) is 0 Å². The highest BCUT2D eigenvalue weighted by atomic mass is 19.1. The SMILES string of the molecule is CCCCCCCc1ccc(-c2ccc(C(=O)Oc3cc(F)c(C#N)c(F)c3)cc2)cc1. The summed E-state index contributed by atoms with van der Waals surface area (Å²) in [5, 5.41) is 8.71. The van der Waals surface area contributed by atoms with Crippen molar-refractivity contribution < 1.29 is 18.3 Å². The van der Waals surface area contributed by atoms with E-state index >= 15 is 0 Å². The number of aryl methyl sites for hydroxylation is 1. The lowest BCUT2D eigenvalue weighted by Crippen LogP contribution is -2.09. The number of carbonyl (C=O) groups is 1. The van der Waals surface area contributed by atoms with Crippen LogP contribution in [0.2, 0.25) is 0 Å². The first kappa shape index (κ1) is 23.1. The molecule has 0 amide bonds. The zero-order valence-corrected chi connectivity index (χ0v) is 18.0. The Bertz CT molecular complexity index is 1080. The minimum Gasteiger partial charge on any atom is -0.423 e. The van der Waals surface area contributed by atoms with Crippen LogP contribution in [-0.4, -0.2) is 5.97 Å². The van der Waals surface area contributed by atoms with E-state index in [1.807, 2.05) is 0 Å². The van der Waals surface area contributed by atoms with Gasteiger partial charge in [0.15, 0.2) is 0 Å².